The van der Waals surface area contributed by atoms with Crippen LogP contribution in [0.25, 0.3) is 10.9 Å². The smallest absolute Gasteiger partial charge is 0.335 e. The Bertz CT molecular complexity index is 554. The average molecular weight is 217 g/mol. The number of aromatic carboxylic acids is 1. The third kappa shape index (κ3) is 1.30. The van der Waals surface area contributed by atoms with E-state index in [-0.39, 0.29) is 5.56 Å². The van der Waals surface area contributed by atoms with Crippen LogP contribution in [0.1, 0.15) is 41.3 Å². The summed E-state index contributed by atoms with van der Waals surface area (Å²) >= 11 is 0. The molecule has 0 bridgehead atoms. The lowest BCUT2D eigenvalue weighted by molar-refractivity contribution is 0.0697. The largest absolute Gasteiger partial charge is 0.478 e. The van der Waals surface area contributed by atoms with Crippen molar-refractivity contribution in [1.29, 1.82) is 0 Å². The molecule has 0 spiro atoms. The van der Waals surface area contributed by atoms with Gasteiger partial charge in [-0.15, -0.1) is 0 Å². The van der Waals surface area contributed by atoms with Crippen molar-refractivity contribution in [3.05, 3.63) is 29.5 Å². The SMILES string of the molecule is O=C(O)c1ccc2c(C3CCC3)onc2c1. The van der Waals surface area contributed by atoms with E-state index in [0.29, 0.717) is 11.4 Å². The van der Waals surface area contributed by atoms with E-state index in [1.165, 1.54) is 6.42 Å². The van der Waals surface area contributed by atoms with E-state index in [4.69, 9.17) is 9.63 Å². The van der Waals surface area contributed by atoms with Crippen LogP contribution in [0.3, 0.4) is 0 Å². The molecule has 0 radical (unpaired) electrons. The van der Waals surface area contributed by atoms with Crippen molar-refractivity contribution in [1.82, 2.24) is 5.16 Å². The van der Waals surface area contributed by atoms with E-state index in [1.807, 2.05) is 0 Å². The fourth-order valence-corrected chi connectivity index (χ4v) is 2.06. The summed E-state index contributed by atoms with van der Waals surface area (Å²) in [6.07, 6.45) is 3.52. The number of fused-ring (bicyclic) bond motifs is 1. The number of carboxylic acids is 1. The summed E-state index contributed by atoms with van der Waals surface area (Å²) in [5.41, 5.74) is 0.891. The topological polar surface area (TPSA) is 63.3 Å². The van der Waals surface area contributed by atoms with E-state index in [2.05, 4.69) is 5.16 Å². The van der Waals surface area contributed by atoms with Crippen molar-refractivity contribution in [2.24, 2.45) is 0 Å². The second-order valence-corrected chi connectivity index (χ2v) is 4.21. The molecular weight excluding hydrogens is 206 g/mol. The number of benzene rings is 1. The number of carboxylic acid groups (broad SMARTS) is 1. The van der Waals surface area contributed by atoms with Gasteiger partial charge in [-0.2, -0.15) is 0 Å². The maximum absolute atomic E-state index is 10.8. The fraction of sp³-hybridized carbons (Fsp3) is 0.333. The minimum atomic E-state index is -0.935. The van der Waals surface area contributed by atoms with Crippen molar-refractivity contribution in [2.75, 3.05) is 0 Å². The van der Waals surface area contributed by atoms with Crippen molar-refractivity contribution >= 4 is 16.9 Å². The number of carbonyl (C=O) groups is 1. The normalized spacial score (nSPS) is 16.2. The van der Waals surface area contributed by atoms with E-state index >= 15 is 0 Å². The molecule has 1 heterocycles. The number of hydrogen-bond donors (Lipinski definition) is 1. The first-order valence-corrected chi connectivity index (χ1v) is 5.38. The standard InChI is InChI=1S/C12H11NO3/c14-12(15)8-4-5-9-10(6-8)13-16-11(9)7-2-1-3-7/h4-7H,1-3H2,(H,14,15). The first kappa shape index (κ1) is 9.39. The summed E-state index contributed by atoms with van der Waals surface area (Å²) in [5, 5.41) is 13.7. The van der Waals surface area contributed by atoms with Crippen LogP contribution in [0.2, 0.25) is 0 Å². The molecule has 1 aliphatic carbocycles. The minimum Gasteiger partial charge on any atom is -0.478 e. The molecular formula is C12H11NO3. The molecule has 1 saturated carbocycles. The first-order valence-electron chi connectivity index (χ1n) is 5.38. The molecule has 0 atom stereocenters. The van der Waals surface area contributed by atoms with Gasteiger partial charge in [0.15, 0.2) is 0 Å². The molecule has 1 aromatic carbocycles. The monoisotopic (exact) mass is 217 g/mol. The van der Waals surface area contributed by atoms with Gasteiger partial charge in [0.05, 0.1) is 5.56 Å². The van der Waals surface area contributed by atoms with Crippen LogP contribution < -0.4 is 0 Å². The Morgan fingerprint density at radius 3 is 2.88 bits per heavy atom. The highest BCUT2D eigenvalue weighted by atomic mass is 16.5. The lowest BCUT2D eigenvalue weighted by Crippen LogP contribution is -2.07. The number of nitrogens with zero attached hydrogens (tertiary/aromatic N) is 1. The third-order valence-electron chi connectivity index (χ3n) is 3.23. The van der Waals surface area contributed by atoms with Gasteiger partial charge in [-0.05, 0) is 31.0 Å². The summed E-state index contributed by atoms with van der Waals surface area (Å²) < 4.78 is 5.31. The van der Waals surface area contributed by atoms with Crippen molar-refractivity contribution < 1.29 is 14.4 Å². The molecule has 0 aliphatic heterocycles. The highest BCUT2D eigenvalue weighted by Crippen LogP contribution is 2.39. The molecule has 0 amide bonds. The van der Waals surface area contributed by atoms with Crippen molar-refractivity contribution in [3.8, 4) is 0 Å². The van der Waals surface area contributed by atoms with Crippen LogP contribution >= 0.6 is 0 Å². The predicted molar refractivity (Wildman–Crippen MR) is 57.6 cm³/mol. The lowest BCUT2D eigenvalue weighted by Gasteiger charge is -2.22. The Morgan fingerprint density at radius 2 is 2.25 bits per heavy atom. The van der Waals surface area contributed by atoms with E-state index in [9.17, 15) is 4.79 Å². The molecule has 0 unspecified atom stereocenters. The highest BCUT2D eigenvalue weighted by molar-refractivity contribution is 5.93. The minimum absolute atomic E-state index is 0.251. The van der Waals surface area contributed by atoms with Crippen LogP contribution in [0.15, 0.2) is 22.7 Å². The molecule has 4 heteroatoms. The average Bonchev–Trinajstić information content (AvgIpc) is 2.59. The molecule has 3 rings (SSSR count). The van der Waals surface area contributed by atoms with Gasteiger partial charge in [0.1, 0.15) is 11.3 Å². The van der Waals surface area contributed by atoms with Crippen molar-refractivity contribution in [3.63, 3.8) is 0 Å². The van der Waals surface area contributed by atoms with E-state index in [0.717, 1.165) is 24.0 Å². The van der Waals surface area contributed by atoms with Gasteiger partial charge >= 0.3 is 5.97 Å². The molecule has 1 N–H and O–H groups in total. The number of rotatable bonds is 2. The summed E-state index contributed by atoms with van der Waals surface area (Å²) in [5.74, 6) is 0.453. The van der Waals surface area contributed by atoms with Gasteiger partial charge in [-0.25, -0.2) is 4.79 Å². The molecule has 1 aromatic heterocycles. The maximum Gasteiger partial charge on any atom is 0.335 e. The molecule has 1 aliphatic rings. The molecule has 0 saturated heterocycles. The van der Waals surface area contributed by atoms with Crippen LogP contribution in [0.5, 0.6) is 0 Å². The number of hydrogen-bond acceptors (Lipinski definition) is 3. The quantitative estimate of drug-likeness (QED) is 0.840. The molecule has 1 fully saturated rings. The molecule has 82 valence electrons. The highest BCUT2D eigenvalue weighted by Gasteiger charge is 2.25. The Labute approximate surface area is 91.9 Å². The van der Waals surface area contributed by atoms with Crippen LogP contribution in [0.4, 0.5) is 0 Å². The predicted octanol–water partition coefficient (Wildman–Crippen LogP) is 2.79. The molecule has 16 heavy (non-hydrogen) atoms. The summed E-state index contributed by atoms with van der Waals surface area (Å²) in [4.78, 5) is 10.8. The zero-order valence-electron chi connectivity index (χ0n) is 8.64. The fourth-order valence-electron chi connectivity index (χ4n) is 2.06. The van der Waals surface area contributed by atoms with Gasteiger partial charge in [-0.3, -0.25) is 0 Å². The van der Waals surface area contributed by atoms with Crippen LogP contribution in [-0.4, -0.2) is 16.2 Å². The van der Waals surface area contributed by atoms with Gasteiger partial charge in [0, 0.05) is 11.3 Å². The van der Waals surface area contributed by atoms with Gasteiger partial charge < -0.3 is 9.63 Å². The molecule has 2 aromatic rings. The van der Waals surface area contributed by atoms with Crippen LogP contribution in [-0.2, 0) is 0 Å². The third-order valence-corrected chi connectivity index (χ3v) is 3.23. The second-order valence-electron chi connectivity index (χ2n) is 4.21. The zero-order chi connectivity index (χ0) is 11.1. The van der Waals surface area contributed by atoms with Gasteiger partial charge in [0.25, 0.3) is 0 Å². The summed E-state index contributed by atoms with van der Waals surface area (Å²) in [6.45, 7) is 0. The van der Waals surface area contributed by atoms with E-state index < -0.39 is 5.97 Å². The Kier molecular flexibility index (Phi) is 1.96. The van der Waals surface area contributed by atoms with E-state index in [1.54, 1.807) is 18.2 Å². The van der Waals surface area contributed by atoms with Gasteiger partial charge in [-0.1, -0.05) is 11.6 Å². The first-order chi connectivity index (χ1) is 7.75. The maximum atomic E-state index is 10.8. The Hall–Kier alpha value is -1.84. The van der Waals surface area contributed by atoms with Crippen LogP contribution in [0, 0.1) is 0 Å². The summed E-state index contributed by atoms with van der Waals surface area (Å²) in [6, 6.07) is 4.95. The zero-order valence-corrected chi connectivity index (χ0v) is 8.64. The van der Waals surface area contributed by atoms with Crippen molar-refractivity contribution in [2.45, 2.75) is 25.2 Å². The number of aromatic nitrogens is 1. The molecule has 4 nitrogen and oxygen atoms in total. The van der Waals surface area contributed by atoms with Gasteiger partial charge in [0.2, 0.25) is 0 Å². The Balaban J connectivity index is 2.10. The lowest BCUT2D eigenvalue weighted by atomic mass is 9.82. The second kappa shape index (κ2) is 3.33. The summed E-state index contributed by atoms with van der Waals surface area (Å²) in [7, 11) is 0. The Morgan fingerprint density at radius 1 is 1.44 bits per heavy atom.